The second-order valence-corrected chi connectivity index (χ2v) is 11.4. The van der Waals surface area contributed by atoms with Gasteiger partial charge < -0.3 is 20.0 Å². The van der Waals surface area contributed by atoms with Gasteiger partial charge in [-0.3, -0.25) is 0 Å². The number of phenols is 1. The maximum absolute atomic E-state index is 14.8. The summed E-state index contributed by atoms with van der Waals surface area (Å²) in [6, 6.07) is 21.4. The van der Waals surface area contributed by atoms with Gasteiger partial charge in [0.25, 0.3) is 0 Å². The van der Waals surface area contributed by atoms with Gasteiger partial charge >= 0.3 is 5.97 Å². The summed E-state index contributed by atoms with van der Waals surface area (Å²) in [6.07, 6.45) is 1.44. The van der Waals surface area contributed by atoms with Crippen LogP contribution in [0.3, 0.4) is 0 Å². The Hall–Kier alpha value is -3.63. The van der Waals surface area contributed by atoms with Gasteiger partial charge in [0, 0.05) is 62.3 Å². The van der Waals surface area contributed by atoms with Gasteiger partial charge in [0.2, 0.25) is 10.0 Å². The zero-order valence-electron chi connectivity index (χ0n) is 21.0. The van der Waals surface area contributed by atoms with Crippen LogP contribution in [-0.4, -0.2) is 67.4 Å². The number of nitrogens with zero attached hydrogens (tertiary/aromatic N) is 3. The summed E-state index contributed by atoms with van der Waals surface area (Å²) >= 11 is 0. The van der Waals surface area contributed by atoms with Gasteiger partial charge in [-0.05, 0) is 37.1 Å². The van der Waals surface area contributed by atoms with Crippen molar-refractivity contribution in [3.05, 3.63) is 89.7 Å². The maximum Gasteiger partial charge on any atom is 0.339 e. The Morgan fingerprint density at radius 2 is 1.37 bits per heavy atom. The molecule has 3 aromatic carbocycles. The van der Waals surface area contributed by atoms with Crippen LogP contribution in [-0.2, 0) is 16.6 Å². The number of benzene rings is 3. The normalized spacial score (nSPS) is 17.4. The van der Waals surface area contributed by atoms with Crippen LogP contribution >= 0.6 is 0 Å². The predicted octanol–water partition coefficient (Wildman–Crippen LogP) is 4.17. The molecule has 2 fully saturated rings. The van der Waals surface area contributed by atoms with E-state index in [1.165, 1.54) is 22.5 Å². The highest BCUT2D eigenvalue weighted by Gasteiger charge is 2.27. The minimum atomic E-state index is -3.31. The lowest BCUT2D eigenvalue weighted by Crippen LogP contribution is -2.46. The molecule has 38 heavy (non-hydrogen) atoms. The Labute approximate surface area is 222 Å². The van der Waals surface area contributed by atoms with E-state index in [1.807, 2.05) is 52.3 Å². The van der Waals surface area contributed by atoms with E-state index in [9.17, 15) is 22.7 Å². The monoisotopic (exact) mass is 541 g/mol. The smallest absolute Gasteiger partial charge is 0.339 e. The van der Waals surface area contributed by atoms with Crippen LogP contribution < -0.4 is 9.80 Å². The minimum absolute atomic E-state index is 0.0536. The first-order valence-electron chi connectivity index (χ1n) is 12.6. The molecule has 0 radical (unpaired) electrons. The van der Waals surface area contributed by atoms with Gasteiger partial charge in [-0.25, -0.2) is 17.6 Å². The molecule has 0 amide bonds. The molecule has 202 valence electrons. The Morgan fingerprint density at radius 1 is 0.816 bits per heavy atom. The number of sulfonamides is 1. The van der Waals surface area contributed by atoms with E-state index in [1.54, 1.807) is 12.1 Å². The second-order valence-electron chi connectivity index (χ2n) is 9.27. The van der Waals surface area contributed by atoms with Crippen molar-refractivity contribution < 1.29 is 27.8 Å². The molecular formula is C28H32FN3O5S. The Balaban J connectivity index is 0.000000494. The fraction of sp³-hybridized carbons (Fsp3) is 0.321. The third kappa shape index (κ3) is 6.81. The number of carboxylic acids is 1. The number of anilines is 2. The van der Waals surface area contributed by atoms with Crippen molar-refractivity contribution in [2.45, 2.75) is 19.4 Å². The van der Waals surface area contributed by atoms with Crippen molar-refractivity contribution in [3.8, 4) is 5.75 Å². The largest absolute Gasteiger partial charge is 0.507 e. The topological polar surface area (TPSA) is 101 Å². The summed E-state index contributed by atoms with van der Waals surface area (Å²) in [5.74, 6) is -1.75. The molecule has 0 spiro atoms. The van der Waals surface area contributed by atoms with E-state index in [2.05, 4.69) is 0 Å². The van der Waals surface area contributed by atoms with E-state index >= 15 is 0 Å². The molecule has 2 heterocycles. The molecule has 5 rings (SSSR count). The quantitative estimate of drug-likeness (QED) is 0.500. The molecule has 10 heteroatoms. The molecular weight excluding hydrogens is 509 g/mol. The third-order valence-electron chi connectivity index (χ3n) is 6.72. The summed E-state index contributed by atoms with van der Waals surface area (Å²) in [6.45, 7) is 2.98. The average Bonchev–Trinajstić information content (AvgIpc) is 2.92. The molecule has 8 nitrogen and oxygen atoms in total. The van der Waals surface area contributed by atoms with Gasteiger partial charge in [-0.2, -0.15) is 4.31 Å². The summed E-state index contributed by atoms with van der Waals surface area (Å²) in [5.41, 5.74) is 1.69. The SMILES string of the molecule is O=C(O)c1ccc(N2CCN(c3ccc(CN4CCCCS4(=O)=O)c(F)c3)CC2)cc1O.c1ccccc1. The van der Waals surface area contributed by atoms with Gasteiger partial charge in [0.1, 0.15) is 17.1 Å². The fourth-order valence-electron chi connectivity index (χ4n) is 4.57. The van der Waals surface area contributed by atoms with Crippen LogP contribution in [0.25, 0.3) is 0 Å². The Bertz CT molecular complexity index is 1320. The molecule has 0 bridgehead atoms. The highest BCUT2D eigenvalue weighted by Crippen LogP contribution is 2.28. The lowest BCUT2D eigenvalue weighted by molar-refractivity contribution is 0.0693. The predicted molar refractivity (Wildman–Crippen MR) is 146 cm³/mol. The molecule has 2 aliphatic heterocycles. The van der Waals surface area contributed by atoms with Crippen molar-refractivity contribution in [2.24, 2.45) is 0 Å². The van der Waals surface area contributed by atoms with Crippen LogP contribution in [0.4, 0.5) is 15.8 Å². The van der Waals surface area contributed by atoms with Crippen molar-refractivity contribution >= 4 is 27.4 Å². The van der Waals surface area contributed by atoms with Crippen molar-refractivity contribution in [2.75, 3.05) is 48.3 Å². The van der Waals surface area contributed by atoms with E-state index in [-0.39, 0.29) is 23.6 Å². The zero-order valence-corrected chi connectivity index (χ0v) is 21.9. The first kappa shape index (κ1) is 27.4. The second kappa shape index (κ2) is 12.3. The van der Waals surface area contributed by atoms with Crippen molar-refractivity contribution in [3.63, 3.8) is 0 Å². The molecule has 0 aliphatic carbocycles. The van der Waals surface area contributed by atoms with Gasteiger partial charge in [0.15, 0.2) is 0 Å². The maximum atomic E-state index is 14.8. The van der Waals surface area contributed by atoms with Gasteiger partial charge in [-0.15, -0.1) is 0 Å². The van der Waals surface area contributed by atoms with E-state index < -0.39 is 21.8 Å². The molecule has 3 aromatic rings. The van der Waals surface area contributed by atoms with Crippen LogP contribution in [0.2, 0.25) is 0 Å². The zero-order chi connectivity index (χ0) is 27.1. The Morgan fingerprint density at radius 3 is 1.87 bits per heavy atom. The fourth-order valence-corrected chi connectivity index (χ4v) is 6.14. The van der Waals surface area contributed by atoms with Gasteiger partial charge in [0.05, 0.1) is 5.75 Å². The molecule has 2 N–H and O–H groups in total. The van der Waals surface area contributed by atoms with Crippen LogP contribution in [0.5, 0.6) is 5.75 Å². The molecule has 0 atom stereocenters. The summed E-state index contributed by atoms with van der Waals surface area (Å²) in [4.78, 5) is 15.1. The molecule has 0 saturated carbocycles. The highest BCUT2D eigenvalue weighted by atomic mass is 32.2. The Kier molecular flexibility index (Phi) is 8.85. The number of rotatable bonds is 5. The van der Waals surface area contributed by atoms with Crippen molar-refractivity contribution in [1.82, 2.24) is 4.31 Å². The number of hydrogen-bond acceptors (Lipinski definition) is 6. The standard InChI is InChI=1S/C22H26FN3O5S.C6H6/c23-20-13-17(4-3-16(20)15-26-7-1-2-12-32(26,30)31)24-8-10-25(11-9-24)18-5-6-19(22(28)29)21(27)14-18;1-2-4-6-5-3-1/h3-6,13-14,27H,1-2,7-12,15H2,(H,28,29);1-6H. The third-order valence-corrected chi connectivity index (χ3v) is 8.63. The van der Waals surface area contributed by atoms with Crippen molar-refractivity contribution in [1.29, 1.82) is 0 Å². The van der Waals surface area contributed by atoms with Crippen LogP contribution in [0.1, 0.15) is 28.8 Å². The lowest BCUT2D eigenvalue weighted by Gasteiger charge is -2.37. The number of carbonyl (C=O) groups is 1. The number of hydrogen-bond donors (Lipinski definition) is 2. The van der Waals surface area contributed by atoms with Crippen LogP contribution in [0.15, 0.2) is 72.8 Å². The average molecular weight is 542 g/mol. The first-order chi connectivity index (χ1) is 18.2. The van der Waals surface area contributed by atoms with E-state index in [0.29, 0.717) is 44.7 Å². The van der Waals surface area contributed by atoms with E-state index in [0.717, 1.165) is 17.8 Å². The van der Waals surface area contributed by atoms with Crippen LogP contribution in [0, 0.1) is 5.82 Å². The molecule has 2 saturated heterocycles. The first-order valence-corrected chi connectivity index (χ1v) is 14.2. The number of piperazine rings is 1. The molecule has 0 unspecified atom stereocenters. The number of aromatic hydroxyl groups is 1. The summed E-state index contributed by atoms with van der Waals surface area (Å²) < 4.78 is 40.5. The lowest BCUT2D eigenvalue weighted by atomic mass is 10.1. The number of halogens is 1. The molecule has 0 aromatic heterocycles. The van der Waals surface area contributed by atoms with E-state index in [4.69, 9.17) is 5.11 Å². The summed E-state index contributed by atoms with van der Waals surface area (Å²) in [7, 11) is -3.31. The van der Waals surface area contributed by atoms with Gasteiger partial charge in [-0.1, -0.05) is 42.5 Å². The molecule has 2 aliphatic rings. The highest BCUT2D eigenvalue weighted by molar-refractivity contribution is 7.89. The minimum Gasteiger partial charge on any atom is -0.507 e. The number of aromatic carboxylic acids is 1. The summed E-state index contributed by atoms with van der Waals surface area (Å²) in [5, 5.41) is 19.0. The number of carboxylic acid groups (broad SMARTS) is 1.